The number of furan rings is 1. The Labute approximate surface area is 147 Å². The lowest BCUT2D eigenvalue weighted by molar-refractivity contribution is 0.0754. The van der Waals surface area contributed by atoms with Gasteiger partial charge in [-0.25, -0.2) is 4.39 Å². The highest BCUT2D eigenvalue weighted by Crippen LogP contribution is 2.22. The van der Waals surface area contributed by atoms with Gasteiger partial charge >= 0.3 is 5.78 Å². The van der Waals surface area contributed by atoms with E-state index in [2.05, 4.69) is 0 Å². The number of rotatable bonds is 3. The molecular weight excluding hydrogens is 337 g/mol. The Morgan fingerprint density at radius 1 is 1.04 bits per heavy atom. The first-order valence-electron chi connectivity index (χ1n) is 7.98. The van der Waals surface area contributed by atoms with Crippen LogP contribution in [-0.2, 0) is 6.54 Å². The summed E-state index contributed by atoms with van der Waals surface area (Å²) < 4.78 is 24.1. The van der Waals surface area contributed by atoms with Crippen LogP contribution in [0.4, 0.5) is 4.39 Å². The maximum atomic E-state index is 13.0. The maximum Gasteiger partial charge on any atom is 0.302 e. The van der Waals surface area contributed by atoms with Crippen LogP contribution in [0, 0.1) is 5.82 Å². The molecule has 0 aliphatic heterocycles. The van der Waals surface area contributed by atoms with Gasteiger partial charge in [-0.1, -0.05) is 24.3 Å². The van der Waals surface area contributed by atoms with E-state index >= 15 is 0 Å². The molecule has 1 amide bonds. The Hall–Kier alpha value is -3.41. The van der Waals surface area contributed by atoms with E-state index in [0.717, 1.165) is 5.56 Å². The maximum absolute atomic E-state index is 13.0. The first kappa shape index (κ1) is 16.1. The van der Waals surface area contributed by atoms with Crippen LogP contribution in [0.2, 0.25) is 0 Å². The normalized spacial score (nSPS) is 11.2. The summed E-state index contributed by atoms with van der Waals surface area (Å²) in [7, 11) is 1.60. The molecule has 2 aromatic carbocycles. The summed E-state index contributed by atoms with van der Waals surface area (Å²) in [6.07, 6.45) is 0. The van der Waals surface area contributed by atoms with Crippen LogP contribution in [0.3, 0.4) is 0 Å². The van der Waals surface area contributed by atoms with E-state index < -0.39 is 5.91 Å². The number of nitrogens with zero attached hydrogens (tertiary/aromatic N) is 1. The first-order chi connectivity index (χ1) is 12.5. The van der Waals surface area contributed by atoms with Crippen molar-refractivity contribution in [3.8, 4) is 0 Å². The summed E-state index contributed by atoms with van der Waals surface area (Å²) in [5.74, 6) is -0.700. The molecule has 0 aliphatic rings. The van der Waals surface area contributed by atoms with Gasteiger partial charge in [-0.3, -0.25) is 9.59 Å². The average Bonchev–Trinajstić information content (AvgIpc) is 3.07. The average molecular weight is 351 g/mol. The highest BCUT2D eigenvalue weighted by molar-refractivity contribution is 5.97. The van der Waals surface area contributed by atoms with E-state index in [1.807, 2.05) is 0 Å². The largest absolute Gasteiger partial charge is 0.425 e. The van der Waals surface area contributed by atoms with Crippen molar-refractivity contribution in [3.63, 3.8) is 0 Å². The summed E-state index contributed by atoms with van der Waals surface area (Å²) >= 11 is 0. The lowest BCUT2D eigenvalue weighted by atomic mass is 10.2. The van der Waals surface area contributed by atoms with E-state index in [0.29, 0.717) is 11.0 Å². The SMILES string of the molecule is CN(Cc1ccc(F)cc1)C(=O)c1cc2c(=O)c3ccccc3oc2o1. The number of fused-ring (bicyclic) bond motifs is 2. The fourth-order valence-corrected chi connectivity index (χ4v) is 2.83. The van der Waals surface area contributed by atoms with E-state index in [-0.39, 0.29) is 34.7 Å². The zero-order chi connectivity index (χ0) is 18.3. The molecule has 0 atom stereocenters. The number of benzene rings is 2. The molecule has 0 unspecified atom stereocenters. The Morgan fingerprint density at radius 3 is 2.54 bits per heavy atom. The van der Waals surface area contributed by atoms with Gasteiger partial charge in [0, 0.05) is 19.7 Å². The van der Waals surface area contributed by atoms with E-state index in [1.165, 1.54) is 23.1 Å². The van der Waals surface area contributed by atoms with Crippen LogP contribution >= 0.6 is 0 Å². The Bertz CT molecular complexity index is 1170. The molecule has 0 N–H and O–H groups in total. The molecule has 4 rings (SSSR count). The fourth-order valence-electron chi connectivity index (χ4n) is 2.83. The predicted molar refractivity (Wildman–Crippen MR) is 94.5 cm³/mol. The second-order valence-electron chi connectivity index (χ2n) is 6.03. The quantitative estimate of drug-likeness (QED) is 0.561. The topological polar surface area (TPSA) is 63.7 Å². The summed E-state index contributed by atoms with van der Waals surface area (Å²) in [5.41, 5.74) is 0.933. The van der Waals surface area contributed by atoms with Crippen LogP contribution in [0.25, 0.3) is 22.1 Å². The molecule has 130 valence electrons. The lowest BCUT2D eigenvalue weighted by Crippen LogP contribution is -2.25. The Morgan fingerprint density at radius 2 is 1.77 bits per heavy atom. The van der Waals surface area contributed by atoms with Gasteiger partial charge in [0.05, 0.1) is 5.39 Å². The number of hydrogen-bond donors (Lipinski definition) is 0. The Kier molecular flexibility index (Phi) is 3.80. The molecule has 0 saturated heterocycles. The standard InChI is InChI=1S/C20H14FNO4/c1-22(11-12-6-8-13(21)9-7-12)19(24)17-10-15-18(23)14-4-2-3-5-16(14)25-20(15)26-17/h2-10H,11H2,1H3. The second-order valence-corrected chi connectivity index (χ2v) is 6.03. The number of amides is 1. The minimum Gasteiger partial charge on any atom is -0.425 e. The summed E-state index contributed by atoms with van der Waals surface area (Å²) in [6.45, 7) is 0.277. The van der Waals surface area contributed by atoms with Gasteiger partial charge in [0.2, 0.25) is 5.43 Å². The first-order valence-corrected chi connectivity index (χ1v) is 7.98. The zero-order valence-electron chi connectivity index (χ0n) is 13.9. The zero-order valence-corrected chi connectivity index (χ0v) is 13.9. The third kappa shape index (κ3) is 2.75. The van der Waals surface area contributed by atoms with Gasteiger partial charge in [0.1, 0.15) is 16.8 Å². The van der Waals surface area contributed by atoms with Crippen LogP contribution in [-0.4, -0.2) is 17.9 Å². The number of carbonyl (C=O) groups excluding carboxylic acids is 1. The van der Waals surface area contributed by atoms with Gasteiger partial charge in [-0.15, -0.1) is 0 Å². The molecule has 26 heavy (non-hydrogen) atoms. The van der Waals surface area contributed by atoms with Crippen molar-refractivity contribution in [3.05, 3.63) is 82.0 Å². The molecular formula is C20H14FNO4. The third-order valence-corrected chi connectivity index (χ3v) is 4.17. The number of para-hydroxylation sites is 1. The number of carbonyl (C=O) groups is 1. The van der Waals surface area contributed by atoms with Gasteiger partial charge in [-0.05, 0) is 29.8 Å². The smallest absolute Gasteiger partial charge is 0.302 e. The van der Waals surface area contributed by atoms with Crippen molar-refractivity contribution < 1.29 is 18.0 Å². The van der Waals surface area contributed by atoms with Crippen LogP contribution in [0.15, 0.2) is 68.2 Å². The van der Waals surface area contributed by atoms with Gasteiger partial charge in [0.15, 0.2) is 5.76 Å². The highest BCUT2D eigenvalue weighted by atomic mass is 19.1. The van der Waals surface area contributed by atoms with Gasteiger partial charge < -0.3 is 13.7 Å². The molecule has 5 nitrogen and oxygen atoms in total. The molecule has 6 heteroatoms. The van der Waals surface area contributed by atoms with Crippen molar-refractivity contribution >= 4 is 28.0 Å². The van der Waals surface area contributed by atoms with E-state index in [4.69, 9.17) is 8.83 Å². The number of hydrogen-bond acceptors (Lipinski definition) is 4. The molecule has 2 aromatic heterocycles. The lowest BCUT2D eigenvalue weighted by Gasteiger charge is -2.15. The molecule has 4 aromatic rings. The second kappa shape index (κ2) is 6.15. The van der Waals surface area contributed by atoms with Gasteiger partial charge in [0.25, 0.3) is 5.91 Å². The summed E-state index contributed by atoms with van der Waals surface area (Å²) in [5, 5.41) is 0.654. The minimum absolute atomic E-state index is 0.0146. The van der Waals surface area contributed by atoms with Crippen molar-refractivity contribution in [2.24, 2.45) is 0 Å². The molecule has 2 heterocycles. The number of halogens is 1. The highest BCUT2D eigenvalue weighted by Gasteiger charge is 2.20. The minimum atomic E-state index is -0.399. The molecule has 0 saturated carbocycles. The molecule has 0 bridgehead atoms. The van der Waals surface area contributed by atoms with Crippen molar-refractivity contribution in [1.29, 1.82) is 0 Å². The summed E-state index contributed by atoms with van der Waals surface area (Å²) in [4.78, 5) is 26.6. The van der Waals surface area contributed by atoms with Crippen molar-refractivity contribution in [2.45, 2.75) is 6.54 Å². The fraction of sp³-hybridized carbons (Fsp3) is 0.100. The monoisotopic (exact) mass is 351 g/mol. The van der Waals surface area contributed by atoms with E-state index in [9.17, 15) is 14.0 Å². The predicted octanol–water partition coefficient (Wildman–Crippen LogP) is 3.95. The van der Waals surface area contributed by atoms with Crippen LogP contribution in [0.1, 0.15) is 16.1 Å². The Balaban J connectivity index is 1.68. The van der Waals surface area contributed by atoms with Crippen LogP contribution < -0.4 is 5.43 Å². The third-order valence-electron chi connectivity index (χ3n) is 4.17. The van der Waals surface area contributed by atoms with Crippen molar-refractivity contribution in [1.82, 2.24) is 4.90 Å². The van der Waals surface area contributed by atoms with Gasteiger partial charge in [-0.2, -0.15) is 0 Å². The summed E-state index contributed by atoms with van der Waals surface area (Å²) in [6, 6.07) is 14.1. The molecule has 0 spiro atoms. The molecule has 0 radical (unpaired) electrons. The molecule has 0 aliphatic carbocycles. The van der Waals surface area contributed by atoms with Crippen LogP contribution in [0.5, 0.6) is 0 Å². The van der Waals surface area contributed by atoms with E-state index in [1.54, 1.807) is 43.4 Å². The molecule has 0 fully saturated rings. The van der Waals surface area contributed by atoms with Crippen molar-refractivity contribution in [2.75, 3.05) is 7.05 Å².